The molecule has 0 amide bonds. The summed E-state index contributed by atoms with van der Waals surface area (Å²) in [6, 6.07) is 13.7. The minimum absolute atomic E-state index is 0.00776. The SMILES string of the molecule is CCCN1CCC(NS(=O)(=O)c2ccc(-c3ccc(CCN)cc3)c(C)c2)C1. The minimum Gasteiger partial charge on any atom is -0.330 e. The third-order valence-corrected chi connectivity index (χ3v) is 6.86. The second kappa shape index (κ2) is 9.18. The number of likely N-dealkylation sites (tertiary alicyclic amines) is 1. The fourth-order valence-electron chi connectivity index (χ4n) is 3.88. The maximum atomic E-state index is 12.8. The Hall–Kier alpha value is -1.73. The van der Waals surface area contributed by atoms with Crippen LogP contribution in [0.15, 0.2) is 47.4 Å². The Labute approximate surface area is 169 Å². The molecule has 0 aromatic heterocycles. The fraction of sp³-hybridized carbons (Fsp3) is 0.455. The molecule has 28 heavy (non-hydrogen) atoms. The third-order valence-electron chi connectivity index (χ3n) is 5.34. The molecule has 152 valence electrons. The van der Waals surface area contributed by atoms with Crippen LogP contribution in [0.4, 0.5) is 0 Å². The van der Waals surface area contributed by atoms with Crippen molar-refractivity contribution in [2.24, 2.45) is 5.73 Å². The highest BCUT2D eigenvalue weighted by Crippen LogP contribution is 2.26. The lowest BCUT2D eigenvalue weighted by Crippen LogP contribution is -2.37. The first-order valence-corrected chi connectivity index (χ1v) is 11.6. The normalized spacial score (nSPS) is 17.9. The topological polar surface area (TPSA) is 75.4 Å². The summed E-state index contributed by atoms with van der Waals surface area (Å²) in [5, 5.41) is 0. The average Bonchev–Trinajstić information content (AvgIpc) is 3.09. The highest BCUT2D eigenvalue weighted by molar-refractivity contribution is 7.89. The van der Waals surface area contributed by atoms with Crippen LogP contribution in [0.5, 0.6) is 0 Å². The predicted molar refractivity (Wildman–Crippen MR) is 115 cm³/mol. The molecular weight excluding hydrogens is 370 g/mol. The van der Waals surface area contributed by atoms with Crippen LogP contribution in [-0.2, 0) is 16.4 Å². The molecule has 1 saturated heterocycles. The van der Waals surface area contributed by atoms with Crippen molar-refractivity contribution in [2.75, 3.05) is 26.2 Å². The zero-order valence-electron chi connectivity index (χ0n) is 16.8. The van der Waals surface area contributed by atoms with Crippen molar-refractivity contribution in [1.82, 2.24) is 9.62 Å². The van der Waals surface area contributed by atoms with Gasteiger partial charge in [0.1, 0.15) is 0 Å². The molecule has 0 saturated carbocycles. The first-order valence-electron chi connectivity index (χ1n) is 10.1. The van der Waals surface area contributed by atoms with E-state index in [0.29, 0.717) is 11.4 Å². The van der Waals surface area contributed by atoms with Gasteiger partial charge >= 0.3 is 0 Å². The maximum absolute atomic E-state index is 12.8. The van der Waals surface area contributed by atoms with Crippen molar-refractivity contribution in [3.8, 4) is 11.1 Å². The molecule has 0 radical (unpaired) electrons. The van der Waals surface area contributed by atoms with Gasteiger partial charge < -0.3 is 10.6 Å². The van der Waals surface area contributed by atoms with Crippen LogP contribution in [0.1, 0.15) is 30.9 Å². The summed E-state index contributed by atoms with van der Waals surface area (Å²) < 4.78 is 28.5. The molecule has 1 heterocycles. The standard InChI is InChI=1S/C22H31N3O2S/c1-3-13-25-14-11-20(16-25)24-28(26,27)21-8-9-22(17(2)15-21)19-6-4-18(5-7-19)10-12-23/h4-9,15,20,24H,3,10-14,16,23H2,1-2H3. The first kappa shape index (κ1) is 21.0. The molecule has 1 aliphatic rings. The van der Waals surface area contributed by atoms with Gasteiger partial charge in [0.05, 0.1) is 4.90 Å². The second-order valence-electron chi connectivity index (χ2n) is 7.62. The summed E-state index contributed by atoms with van der Waals surface area (Å²) in [5.41, 5.74) is 9.90. The molecule has 2 aromatic carbocycles. The van der Waals surface area contributed by atoms with E-state index in [1.54, 1.807) is 12.1 Å². The van der Waals surface area contributed by atoms with Gasteiger partial charge in [0.25, 0.3) is 0 Å². The van der Waals surface area contributed by atoms with Crippen LogP contribution in [0.2, 0.25) is 0 Å². The van der Waals surface area contributed by atoms with Gasteiger partial charge in [-0.15, -0.1) is 0 Å². The number of benzene rings is 2. The summed E-state index contributed by atoms with van der Waals surface area (Å²) >= 11 is 0. The maximum Gasteiger partial charge on any atom is 0.240 e. The molecule has 2 aromatic rings. The zero-order valence-corrected chi connectivity index (χ0v) is 17.6. The molecule has 3 N–H and O–H groups in total. The summed E-state index contributed by atoms with van der Waals surface area (Å²) in [6.45, 7) is 7.51. The van der Waals surface area contributed by atoms with Gasteiger partial charge in [0.2, 0.25) is 10.0 Å². The van der Waals surface area contributed by atoms with Crippen LogP contribution in [0.25, 0.3) is 11.1 Å². The van der Waals surface area contributed by atoms with E-state index in [1.165, 1.54) is 5.56 Å². The van der Waals surface area contributed by atoms with Crippen LogP contribution in [-0.4, -0.2) is 45.5 Å². The van der Waals surface area contributed by atoms with E-state index in [2.05, 4.69) is 40.8 Å². The molecule has 1 unspecified atom stereocenters. The van der Waals surface area contributed by atoms with Gasteiger partial charge in [0.15, 0.2) is 0 Å². The molecule has 0 aliphatic carbocycles. The van der Waals surface area contributed by atoms with Crippen LogP contribution in [0, 0.1) is 6.92 Å². The molecule has 1 fully saturated rings. The Bertz CT molecular complexity index is 894. The Morgan fingerprint density at radius 3 is 2.57 bits per heavy atom. The van der Waals surface area contributed by atoms with Gasteiger partial charge in [0, 0.05) is 12.6 Å². The van der Waals surface area contributed by atoms with Crippen molar-refractivity contribution in [1.29, 1.82) is 0 Å². The Balaban J connectivity index is 1.74. The number of nitrogens with one attached hydrogen (secondary N) is 1. The number of hydrogen-bond acceptors (Lipinski definition) is 4. The lowest BCUT2D eigenvalue weighted by molar-refractivity contribution is 0.333. The lowest BCUT2D eigenvalue weighted by Gasteiger charge is -2.16. The van der Waals surface area contributed by atoms with Crippen molar-refractivity contribution in [3.63, 3.8) is 0 Å². The third kappa shape index (κ3) is 5.00. The van der Waals surface area contributed by atoms with E-state index >= 15 is 0 Å². The van der Waals surface area contributed by atoms with E-state index < -0.39 is 10.0 Å². The number of nitrogens with two attached hydrogens (primary N) is 1. The average molecular weight is 402 g/mol. The van der Waals surface area contributed by atoms with Gasteiger partial charge in [-0.25, -0.2) is 13.1 Å². The van der Waals surface area contributed by atoms with Gasteiger partial charge in [-0.1, -0.05) is 37.3 Å². The molecule has 1 atom stereocenters. The van der Waals surface area contributed by atoms with E-state index in [4.69, 9.17) is 5.73 Å². The number of aryl methyl sites for hydroxylation is 1. The molecule has 0 spiro atoms. The highest BCUT2D eigenvalue weighted by Gasteiger charge is 2.27. The second-order valence-corrected chi connectivity index (χ2v) is 9.33. The van der Waals surface area contributed by atoms with Crippen molar-refractivity contribution in [3.05, 3.63) is 53.6 Å². The van der Waals surface area contributed by atoms with Gasteiger partial charge in [-0.05, 0) is 80.2 Å². The van der Waals surface area contributed by atoms with Crippen LogP contribution < -0.4 is 10.5 Å². The number of sulfonamides is 1. The molecule has 1 aliphatic heterocycles. The Kier molecular flexibility index (Phi) is 6.88. The van der Waals surface area contributed by atoms with Crippen molar-refractivity contribution >= 4 is 10.0 Å². The summed E-state index contributed by atoms with van der Waals surface area (Å²) in [4.78, 5) is 2.65. The predicted octanol–water partition coefficient (Wildman–Crippen LogP) is 2.93. The Morgan fingerprint density at radius 1 is 1.18 bits per heavy atom. The minimum atomic E-state index is -3.51. The monoisotopic (exact) mass is 401 g/mol. The van der Waals surface area contributed by atoms with E-state index in [9.17, 15) is 8.42 Å². The summed E-state index contributed by atoms with van der Waals surface area (Å²) in [7, 11) is -3.51. The van der Waals surface area contributed by atoms with Crippen LogP contribution >= 0.6 is 0 Å². The van der Waals surface area contributed by atoms with Crippen molar-refractivity contribution in [2.45, 2.75) is 44.0 Å². The number of nitrogens with zero attached hydrogens (tertiary/aromatic N) is 1. The molecule has 0 bridgehead atoms. The number of rotatable bonds is 8. The lowest BCUT2D eigenvalue weighted by atomic mass is 9.99. The molecular formula is C22H31N3O2S. The quantitative estimate of drug-likeness (QED) is 0.713. The summed E-state index contributed by atoms with van der Waals surface area (Å²) in [6.07, 6.45) is 2.82. The number of hydrogen-bond donors (Lipinski definition) is 2. The first-order chi connectivity index (χ1) is 13.4. The van der Waals surface area contributed by atoms with Crippen molar-refractivity contribution < 1.29 is 8.42 Å². The van der Waals surface area contributed by atoms with Gasteiger partial charge in [-0.3, -0.25) is 0 Å². The molecule has 5 nitrogen and oxygen atoms in total. The zero-order chi connectivity index (χ0) is 20.1. The largest absolute Gasteiger partial charge is 0.330 e. The smallest absolute Gasteiger partial charge is 0.240 e. The van der Waals surface area contributed by atoms with E-state index in [0.717, 1.165) is 55.6 Å². The Morgan fingerprint density at radius 2 is 1.93 bits per heavy atom. The molecule has 6 heteroatoms. The highest BCUT2D eigenvalue weighted by atomic mass is 32.2. The van der Waals surface area contributed by atoms with E-state index in [1.807, 2.05) is 13.0 Å². The fourth-order valence-corrected chi connectivity index (χ4v) is 5.23. The van der Waals surface area contributed by atoms with Gasteiger partial charge in [-0.2, -0.15) is 0 Å². The molecule has 3 rings (SSSR count). The summed E-state index contributed by atoms with van der Waals surface area (Å²) in [5.74, 6) is 0. The van der Waals surface area contributed by atoms with Crippen LogP contribution in [0.3, 0.4) is 0 Å². The van der Waals surface area contributed by atoms with E-state index in [-0.39, 0.29) is 6.04 Å².